The van der Waals surface area contributed by atoms with E-state index < -0.39 is 0 Å². The van der Waals surface area contributed by atoms with Gasteiger partial charge in [0, 0.05) is 33.4 Å². The predicted molar refractivity (Wildman–Crippen MR) is 113 cm³/mol. The van der Waals surface area contributed by atoms with Crippen molar-refractivity contribution in [2.45, 2.75) is 51.9 Å². The molecule has 0 spiro atoms. The summed E-state index contributed by atoms with van der Waals surface area (Å²) >= 11 is 0. The van der Waals surface area contributed by atoms with Gasteiger partial charge in [0.05, 0.1) is 7.11 Å². The molecule has 0 heterocycles. The first-order valence-corrected chi connectivity index (χ1v) is 10.4. The molecular formula is C22H37N3O2. The van der Waals surface area contributed by atoms with Crippen LogP contribution in [0.2, 0.25) is 0 Å². The molecule has 0 atom stereocenters. The van der Waals surface area contributed by atoms with Gasteiger partial charge in [0.25, 0.3) is 0 Å². The smallest absolute Gasteiger partial charge is 0.190 e. The molecule has 0 unspecified atom stereocenters. The molecule has 1 saturated carbocycles. The largest absolute Gasteiger partial charge is 0.497 e. The van der Waals surface area contributed by atoms with Gasteiger partial charge in [-0.2, -0.15) is 0 Å². The molecule has 2 N–H and O–H groups in total. The number of hydrogen-bond donors (Lipinski definition) is 2. The summed E-state index contributed by atoms with van der Waals surface area (Å²) in [5.41, 5.74) is 1.67. The Morgan fingerprint density at radius 2 is 2.04 bits per heavy atom. The molecule has 0 saturated heterocycles. The second-order valence-electron chi connectivity index (χ2n) is 7.46. The fourth-order valence-electron chi connectivity index (χ4n) is 3.89. The third kappa shape index (κ3) is 7.41. The molecule has 0 radical (unpaired) electrons. The molecule has 27 heavy (non-hydrogen) atoms. The third-order valence-electron chi connectivity index (χ3n) is 5.57. The maximum absolute atomic E-state index is 5.61. The van der Waals surface area contributed by atoms with Crippen molar-refractivity contribution in [3.63, 3.8) is 0 Å². The van der Waals surface area contributed by atoms with Crippen LogP contribution in [0, 0.1) is 5.41 Å². The maximum Gasteiger partial charge on any atom is 0.190 e. The van der Waals surface area contributed by atoms with Crippen LogP contribution >= 0.6 is 0 Å². The minimum Gasteiger partial charge on any atom is -0.497 e. The van der Waals surface area contributed by atoms with Gasteiger partial charge in [-0.05, 0) is 62.1 Å². The summed E-state index contributed by atoms with van der Waals surface area (Å²) in [5.74, 6) is 1.83. The molecule has 5 heteroatoms. The molecule has 0 amide bonds. The van der Waals surface area contributed by atoms with Gasteiger partial charge in [0.1, 0.15) is 5.75 Å². The topological polar surface area (TPSA) is 54.9 Å². The number of nitrogens with zero attached hydrogens (tertiary/aromatic N) is 1. The van der Waals surface area contributed by atoms with Crippen molar-refractivity contribution in [2.24, 2.45) is 10.4 Å². The van der Waals surface area contributed by atoms with E-state index in [1.807, 2.05) is 19.2 Å². The van der Waals surface area contributed by atoms with Crippen LogP contribution in [0.5, 0.6) is 5.75 Å². The van der Waals surface area contributed by atoms with Crippen LogP contribution in [0.4, 0.5) is 0 Å². The van der Waals surface area contributed by atoms with E-state index in [0.29, 0.717) is 5.41 Å². The number of hydrogen-bond acceptors (Lipinski definition) is 3. The van der Waals surface area contributed by atoms with E-state index in [4.69, 9.17) is 9.47 Å². The Morgan fingerprint density at radius 3 is 2.74 bits per heavy atom. The van der Waals surface area contributed by atoms with E-state index >= 15 is 0 Å². The standard InChI is InChI=1S/C22H37N3O2/c1-4-27-16-14-22(12-5-6-13-22)18-25-21(23-2)24-15-8-10-19-9-7-11-20(17-19)26-3/h7,9,11,17H,4-6,8,10,12-16,18H2,1-3H3,(H2,23,24,25). The summed E-state index contributed by atoms with van der Waals surface area (Å²) in [5, 5.41) is 7.01. The second-order valence-corrected chi connectivity index (χ2v) is 7.46. The highest BCUT2D eigenvalue weighted by molar-refractivity contribution is 5.79. The number of ether oxygens (including phenoxy) is 2. The van der Waals surface area contributed by atoms with E-state index in [9.17, 15) is 0 Å². The first kappa shape index (κ1) is 21.5. The molecule has 1 aromatic rings. The van der Waals surface area contributed by atoms with Crippen LogP contribution in [-0.4, -0.2) is 46.4 Å². The zero-order valence-corrected chi connectivity index (χ0v) is 17.4. The highest BCUT2D eigenvalue weighted by atomic mass is 16.5. The fraction of sp³-hybridized carbons (Fsp3) is 0.682. The molecule has 0 bridgehead atoms. The van der Waals surface area contributed by atoms with E-state index in [1.54, 1.807) is 7.11 Å². The van der Waals surface area contributed by atoms with Crippen LogP contribution in [-0.2, 0) is 11.2 Å². The van der Waals surface area contributed by atoms with Crippen molar-refractivity contribution in [1.82, 2.24) is 10.6 Å². The Labute approximate surface area is 164 Å². The maximum atomic E-state index is 5.61. The van der Waals surface area contributed by atoms with Crippen LogP contribution < -0.4 is 15.4 Å². The lowest BCUT2D eigenvalue weighted by Gasteiger charge is -2.30. The molecule has 1 aliphatic rings. The van der Waals surface area contributed by atoms with Gasteiger partial charge in [-0.1, -0.05) is 25.0 Å². The van der Waals surface area contributed by atoms with Crippen molar-refractivity contribution in [1.29, 1.82) is 0 Å². The van der Waals surface area contributed by atoms with Crippen molar-refractivity contribution in [3.05, 3.63) is 29.8 Å². The van der Waals surface area contributed by atoms with Gasteiger partial charge >= 0.3 is 0 Å². The van der Waals surface area contributed by atoms with Gasteiger partial charge in [-0.3, -0.25) is 4.99 Å². The lowest BCUT2D eigenvalue weighted by Crippen LogP contribution is -2.43. The molecule has 1 fully saturated rings. The van der Waals surface area contributed by atoms with Crippen LogP contribution in [0.15, 0.2) is 29.3 Å². The lowest BCUT2D eigenvalue weighted by molar-refractivity contribution is 0.105. The number of methoxy groups -OCH3 is 1. The van der Waals surface area contributed by atoms with Gasteiger partial charge in [0.2, 0.25) is 0 Å². The monoisotopic (exact) mass is 375 g/mol. The van der Waals surface area contributed by atoms with Gasteiger partial charge in [0.15, 0.2) is 5.96 Å². The van der Waals surface area contributed by atoms with Crippen molar-refractivity contribution >= 4 is 5.96 Å². The number of guanidine groups is 1. The molecule has 1 aliphatic carbocycles. The Morgan fingerprint density at radius 1 is 1.22 bits per heavy atom. The van der Waals surface area contributed by atoms with Crippen molar-refractivity contribution < 1.29 is 9.47 Å². The van der Waals surface area contributed by atoms with E-state index in [-0.39, 0.29) is 0 Å². The SMILES string of the molecule is CCOCCC1(CNC(=NC)NCCCc2cccc(OC)c2)CCCC1. The molecule has 0 aliphatic heterocycles. The summed E-state index contributed by atoms with van der Waals surface area (Å²) in [6.45, 7) is 5.63. The normalized spacial score (nSPS) is 16.3. The predicted octanol–water partition coefficient (Wildman–Crippen LogP) is 3.78. The van der Waals surface area contributed by atoms with Crippen molar-refractivity contribution in [3.8, 4) is 5.75 Å². The molecule has 1 aromatic carbocycles. The number of rotatable bonds is 11. The van der Waals surface area contributed by atoms with E-state index in [1.165, 1.54) is 31.2 Å². The first-order chi connectivity index (χ1) is 13.2. The summed E-state index contributed by atoms with van der Waals surface area (Å²) in [4.78, 5) is 4.39. The molecule has 5 nitrogen and oxygen atoms in total. The highest BCUT2D eigenvalue weighted by Gasteiger charge is 2.33. The van der Waals surface area contributed by atoms with Crippen molar-refractivity contribution in [2.75, 3.05) is 40.5 Å². The zero-order chi connectivity index (χ0) is 19.4. The summed E-state index contributed by atoms with van der Waals surface area (Å²) in [6, 6.07) is 8.29. The third-order valence-corrected chi connectivity index (χ3v) is 5.57. The van der Waals surface area contributed by atoms with E-state index in [2.05, 4.69) is 34.7 Å². The molecule has 2 rings (SSSR count). The summed E-state index contributed by atoms with van der Waals surface area (Å²) in [6.07, 6.45) is 8.48. The Balaban J connectivity index is 1.71. The second kappa shape index (κ2) is 11.9. The summed E-state index contributed by atoms with van der Waals surface area (Å²) < 4.78 is 10.9. The highest BCUT2D eigenvalue weighted by Crippen LogP contribution is 2.40. The minimum atomic E-state index is 0.368. The molecule has 0 aromatic heterocycles. The zero-order valence-electron chi connectivity index (χ0n) is 17.4. The lowest BCUT2D eigenvalue weighted by atomic mass is 9.83. The fourth-order valence-corrected chi connectivity index (χ4v) is 3.89. The quantitative estimate of drug-likeness (QED) is 0.351. The number of aliphatic imine (C=N–C) groups is 1. The van der Waals surface area contributed by atoms with Gasteiger partial charge in [-0.25, -0.2) is 0 Å². The number of nitrogens with one attached hydrogen (secondary N) is 2. The van der Waals surface area contributed by atoms with Crippen LogP contribution in [0.25, 0.3) is 0 Å². The Hall–Kier alpha value is -1.75. The molecular weight excluding hydrogens is 338 g/mol. The Kier molecular flexibility index (Phi) is 9.46. The first-order valence-electron chi connectivity index (χ1n) is 10.4. The van der Waals surface area contributed by atoms with Gasteiger partial charge < -0.3 is 20.1 Å². The summed E-state index contributed by atoms with van der Waals surface area (Å²) in [7, 11) is 3.56. The number of benzene rings is 1. The Bertz CT molecular complexity index is 568. The minimum absolute atomic E-state index is 0.368. The average molecular weight is 376 g/mol. The van der Waals surface area contributed by atoms with E-state index in [0.717, 1.165) is 57.3 Å². The molecule has 152 valence electrons. The van der Waals surface area contributed by atoms with Crippen LogP contribution in [0.1, 0.15) is 51.0 Å². The van der Waals surface area contributed by atoms with Crippen LogP contribution in [0.3, 0.4) is 0 Å². The van der Waals surface area contributed by atoms with Gasteiger partial charge in [-0.15, -0.1) is 0 Å². The average Bonchev–Trinajstić information content (AvgIpc) is 3.17. The number of aryl methyl sites for hydroxylation is 1.